The molecular weight excluding hydrogens is 278 g/mol. The predicted molar refractivity (Wildman–Crippen MR) is 81.9 cm³/mol. The van der Waals surface area contributed by atoms with Gasteiger partial charge in [-0.25, -0.2) is 4.98 Å². The number of rotatable bonds is 8. The van der Waals surface area contributed by atoms with Crippen molar-refractivity contribution < 1.29 is 0 Å². The van der Waals surface area contributed by atoms with Crippen LogP contribution in [0.5, 0.6) is 0 Å². The number of aryl methyl sites for hydroxylation is 1. The zero-order valence-corrected chi connectivity index (χ0v) is 12.3. The lowest BCUT2D eigenvalue weighted by Crippen LogP contribution is -2.19. The Bertz CT molecular complexity index is 456. The average molecular weight is 296 g/mol. The molecule has 0 unspecified atom stereocenters. The molecule has 1 aromatic heterocycles. The van der Waals surface area contributed by atoms with E-state index in [2.05, 4.69) is 27.0 Å². The summed E-state index contributed by atoms with van der Waals surface area (Å²) in [6.45, 7) is 3.09. The van der Waals surface area contributed by atoms with Gasteiger partial charge in [-0.15, -0.1) is 11.8 Å². The minimum Gasteiger partial charge on any atom is -0.337 e. The summed E-state index contributed by atoms with van der Waals surface area (Å²) in [7, 11) is 0. The molecule has 2 aromatic rings. The van der Waals surface area contributed by atoms with Crippen LogP contribution in [0, 0.1) is 0 Å². The number of imidazole rings is 1. The van der Waals surface area contributed by atoms with Crippen molar-refractivity contribution in [3.63, 3.8) is 0 Å². The predicted octanol–water partition coefficient (Wildman–Crippen LogP) is 3.31. The second-order valence-electron chi connectivity index (χ2n) is 4.21. The molecule has 0 saturated carbocycles. The van der Waals surface area contributed by atoms with Crippen molar-refractivity contribution in [1.29, 1.82) is 0 Å². The van der Waals surface area contributed by atoms with E-state index < -0.39 is 0 Å². The monoisotopic (exact) mass is 295 g/mol. The highest BCUT2D eigenvalue weighted by Crippen LogP contribution is 2.19. The normalized spacial score (nSPS) is 10.8. The Labute approximate surface area is 123 Å². The summed E-state index contributed by atoms with van der Waals surface area (Å²) in [5.41, 5.74) is 0. The van der Waals surface area contributed by atoms with Crippen molar-refractivity contribution in [1.82, 2.24) is 14.9 Å². The molecule has 0 saturated heterocycles. The second-order valence-corrected chi connectivity index (χ2v) is 5.81. The standard InChI is InChI=1S/C14H18ClN3S/c15-13-2-4-14(5-3-13)19-11-8-16-6-1-9-18-10-7-17-12-18/h2-5,7,10,12,16H,1,6,8-9,11H2. The van der Waals surface area contributed by atoms with Crippen LogP contribution in [-0.4, -0.2) is 28.4 Å². The summed E-state index contributed by atoms with van der Waals surface area (Å²) in [5, 5.41) is 4.24. The van der Waals surface area contributed by atoms with Gasteiger partial charge in [-0.3, -0.25) is 0 Å². The van der Waals surface area contributed by atoms with Crippen molar-refractivity contribution in [2.75, 3.05) is 18.8 Å². The maximum absolute atomic E-state index is 5.84. The van der Waals surface area contributed by atoms with E-state index in [0.717, 1.165) is 36.8 Å². The quantitative estimate of drug-likeness (QED) is 0.598. The van der Waals surface area contributed by atoms with Crippen molar-refractivity contribution in [3.05, 3.63) is 48.0 Å². The fourth-order valence-electron chi connectivity index (χ4n) is 1.70. The molecule has 1 heterocycles. The molecule has 2 rings (SSSR count). The molecule has 1 aromatic carbocycles. The number of nitrogens with zero attached hydrogens (tertiary/aromatic N) is 2. The summed E-state index contributed by atoms with van der Waals surface area (Å²) in [6.07, 6.45) is 6.80. The number of benzene rings is 1. The summed E-state index contributed by atoms with van der Waals surface area (Å²) >= 11 is 7.69. The number of halogens is 1. The molecule has 19 heavy (non-hydrogen) atoms. The molecule has 0 aliphatic carbocycles. The van der Waals surface area contributed by atoms with Crippen molar-refractivity contribution in [2.45, 2.75) is 17.9 Å². The van der Waals surface area contributed by atoms with E-state index in [4.69, 9.17) is 11.6 Å². The first-order chi connectivity index (χ1) is 9.34. The van der Waals surface area contributed by atoms with Crippen LogP contribution >= 0.6 is 23.4 Å². The second kappa shape index (κ2) is 8.25. The van der Waals surface area contributed by atoms with Crippen LogP contribution in [0.15, 0.2) is 47.9 Å². The van der Waals surface area contributed by atoms with Gasteiger partial charge in [-0.1, -0.05) is 11.6 Å². The fourth-order valence-corrected chi connectivity index (χ4v) is 2.64. The largest absolute Gasteiger partial charge is 0.337 e. The van der Waals surface area contributed by atoms with Crippen molar-refractivity contribution in [2.24, 2.45) is 0 Å². The number of hydrogen-bond donors (Lipinski definition) is 1. The topological polar surface area (TPSA) is 29.9 Å². The molecule has 0 aliphatic rings. The Kier molecular flexibility index (Phi) is 6.27. The maximum Gasteiger partial charge on any atom is 0.0945 e. The first kappa shape index (κ1) is 14.4. The minimum atomic E-state index is 0.793. The molecule has 3 nitrogen and oxygen atoms in total. The molecule has 0 fully saturated rings. The van der Waals surface area contributed by atoms with Gasteiger partial charge in [-0.05, 0) is 37.2 Å². The molecule has 0 radical (unpaired) electrons. The van der Waals surface area contributed by atoms with Crippen LogP contribution in [0.1, 0.15) is 6.42 Å². The van der Waals surface area contributed by atoms with Crippen molar-refractivity contribution in [3.8, 4) is 0 Å². The molecule has 102 valence electrons. The third-order valence-electron chi connectivity index (χ3n) is 2.69. The van der Waals surface area contributed by atoms with Crippen LogP contribution in [-0.2, 0) is 6.54 Å². The lowest BCUT2D eigenvalue weighted by Gasteiger charge is -2.05. The van der Waals surface area contributed by atoms with E-state index in [1.807, 2.05) is 42.6 Å². The summed E-state index contributed by atoms with van der Waals surface area (Å²) in [4.78, 5) is 5.29. The van der Waals surface area contributed by atoms with Gasteiger partial charge in [0.1, 0.15) is 0 Å². The van der Waals surface area contributed by atoms with Gasteiger partial charge < -0.3 is 9.88 Å². The first-order valence-corrected chi connectivity index (χ1v) is 7.76. The van der Waals surface area contributed by atoms with Crippen molar-refractivity contribution >= 4 is 23.4 Å². The summed E-state index contributed by atoms with van der Waals surface area (Å²) in [6, 6.07) is 7.99. The molecule has 5 heteroatoms. The first-order valence-electron chi connectivity index (χ1n) is 6.39. The zero-order chi connectivity index (χ0) is 13.3. The van der Waals surface area contributed by atoms with Gasteiger partial charge in [0, 0.05) is 41.2 Å². The molecule has 0 bridgehead atoms. The molecule has 0 spiro atoms. The van der Waals surface area contributed by atoms with E-state index in [9.17, 15) is 0 Å². The summed E-state index contributed by atoms with van der Waals surface area (Å²) in [5.74, 6) is 1.08. The van der Waals surface area contributed by atoms with Crippen LogP contribution < -0.4 is 5.32 Å². The van der Waals surface area contributed by atoms with Gasteiger partial charge in [0.05, 0.1) is 6.33 Å². The van der Waals surface area contributed by atoms with Gasteiger partial charge in [-0.2, -0.15) is 0 Å². The lowest BCUT2D eigenvalue weighted by molar-refractivity contribution is 0.593. The zero-order valence-electron chi connectivity index (χ0n) is 10.8. The fraction of sp³-hybridized carbons (Fsp3) is 0.357. The Balaban J connectivity index is 1.49. The van der Waals surface area contributed by atoms with E-state index in [0.29, 0.717) is 0 Å². The highest BCUT2D eigenvalue weighted by molar-refractivity contribution is 7.99. The van der Waals surface area contributed by atoms with E-state index >= 15 is 0 Å². The van der Waals surface area contributed by atoms with Gasteiger partial charge in [0.2, 0.25) is 0 Å². The highest BCUT2D eigenvalue weighted by atomic mass is 35.5. The number of thioether (sulfide) groups is 1. The Morgan fingerprint density at radius 1 is 1.21 bits per heavy atom. The van der Waals surface area contributed by atoms with Crippen LogP contribution in [0.25, 0.3) is 0 Å². The number of aromatic nitrogens is 2. The Morgan fingerprint density at radius 2 is 2.05 bits per heavy atom. The Hall–Kier alpha value is -0.970. The molecule has 0 aliphatic heterocycles. The molecular formula is C14H18ClN3S. The Morgan fingerprint density at radius 3 is 2.79 bits per heavy atom. The molecule has 1 N–H and O–H groups in total. The number of hydrogen-bond acceptors (Lipinski definition) is 3. The van der Waals surface area contributed by atoms with E-state index in [1.165, 1.54) is 4.90 Å². The SMILES string of the molecule is Clc1ccc(SCCNCCCn2ccnc2)cc1. The number of nitrogens with one attached hydrogen (secondary N) is 1. The lowest BCUT2D eigenvalue weighted by atomic mass is 10.4. The van der Waals surface area contributed by atoms with Crippen LogP contribution in [0.3, 0.4) is 0 Å². The third-order valence-corrected chi connectivity index (χ3v) is 3.96. The summed E-state index contributed by atoms with van der Waals surface area (Å²) < 4.78 is 2.10. The van der Waals surface area contributed by atoms with Gasteiger partial charge >= 0.3 is 0 Å². The third kappa shape index (κ3) is 5.68. The van der Waals surface area contributed by atoms with Gasteiger partial charge in [0.15, 0.2) is 0 Å². The van der Waals surface area contributed by atoms with E-state index in [-0.39, 0.29) is 0 Å². The molecule has 0 atom stereocenters. The maximum atomic E-state index is 5.84. The highest BCUT2D eigenvalue weighted by Gasteiger charge is 1.95. The van der Waals surface area contributed by atoms with Gasteiger partial charge in [0.25, 0.3) is 0 Å². The van der Waals surface area contributed by atoms with Crippen LogP contribution in [0.4, 0.5) is 0 Å². The smallest absolute Gasteiger partial charge is 0.0945 e. The minimum absolute atomic E-state index is 0.793. The van der Waals surface area contributed by atoms with E-state index in [1.54, 1.807) is 0 Å². The molecule has 0 amide bonds. The average Bonchev–Trinajstić information content (AvgIpc) is 2.93. The van der Waals surface area contributed by atoms with Crippen LogP contribution in [0.2, 0.25) is 5.02 Å².